The molecule has 1 aromatic rings. The first-order chi connectivity index (χ1) is 11.3. The van der Waals surface area contributed by atoms with Gasteiger partial charge in [0.1, 0.15) is 5.69 Å². The van der Waals surface area contributed by atoms with Gasteiger partial charge in [-0.3, -0.25) is 4.79 Å². The standard InChI is InChI=1S/C17H26N4O2/c22-11-15-16-10-20(7-8-21(16)19-18-15)17(23)14-6-5-12-3-1-2-4-13(12)9-14/h12-14,22H,1-11H2/t12-,13-,14+/m0/s1. The molecular weight excluding hydrogens is 292 g/mol. The van der Waals surface area contributed by atoms with Crippen LogP contribution in [0.25, 0.3) is 0 Å². The van der Waals surface area contributed by atoms with Gasteiger partial charge in [0.05, 0.1) is 25.4 Å². The van der Waals surface area contributed by atoms with Crippen molar-refractivity contribution in [3.05, 3.63) is 11.4 Å². The van der Waals surface area contributed by atoms with Crippen molar-refractivity contribution in [3.8, 4) is 0 Å². The molecule has 0 radical (unpaired) electrons. The molecule has 1 N–H and O–H groups in total. The predicted molar refractivity (Wildman–Crippen MR) is 84.2 cm³/mol. The Morgan fingerprint density at radius 1 is 1.13 bits per heavy atom. The number of fused-ring (bicyclic) bond motifs is 2. The summed E-state index contributed by atoms with van der Waals surface area (Å²) in [5, 5.41) is 17.4. The van der Waals surface area contributed by atoms with Gasteiger partial charge in [-0.25, -0.2) is 4.68 Å². The Kier molecular flexibility index (Phi) is 4.09. The molecule has 1 aliphatic heterocycles. The van der Waals surface area contributed by atoms with Crippen LogP contribution in [0.2, 0.25) is 0 Å². The first-order valence-corrected chi connectivity index (χ1v) is 9.07. The van der Waals surface area contributed by atoms with E-state index in [1.165, 1.54) is 32.1 Å². The third-order valence-electron chi connectivity index (χ3n) is 6.19. The third-order valence-corrected chi connectivity index (χ3v) is 6.19. The van der Waals surface area contributed by atoms with Gasteiger partial charge in [0.2, 0.25) is 5.91 Å². The monoisotopic (exact) mass is 318 g/mol. The second-order valence-electron chi connectivity index (χ2n) is 7.44. The summed E-state index contributed by atoms with van der Waals surface area (Å²) in [6.07, 6.45) is 8.80. The number of hydrogen-bond acceptors (Lipinski definition) is 4. The molecule has 2 heterocycles. The van der Waals surface area contributed by atoms with Crippen LogP contribution in [0.5, 0.6) is 0 Å². The van der Waals surface area contributed by atoms with Crippen molar-refractivity contribution in [2.24, 2.45) is 17.8 Å². The molecule has 3 atom stereocenters. The highest BCUT2D eigenvalue weighted by Gasteiger charge is 2.37. The van der Waals surface area contributed by atoms with Crippen LogP contribution in [0, 0.1) is 17.8 Å². The molecule has 3 aliphatic rings. The highest BCUT2D eigenvalue weighted by atomic mass is 16.3. The van der Waals surface area contributed by atoms with Crippen molar-refractivity contribution >= 4 is 5.91 Å². The Hall–Kier alpha value is -1.43. The fraction of sp³-hybridized carbons (Fsp3) is 0.824. The summed E-state index contributed by atoms with van der Waals surface area (Å²) in [4.78, 5) is 14.9. The van der Waals surface area contributed by atoms with E-state index in [4.69, 9.17) is 0 Å². The molecule has 126 valence electrons. The zero-order chi connectivity index (χ0) is 15.8. The number of aliphatic hydroxyl groups excluding tert-OH is 1. The highest BCUT2D eigenvalue weighted by Crippen LogP contribution is 2.43. The maximum absolute atomic E-state index is 13.0. The Bertz CT molecular complexity index is 572. The summed E-state index contributed by atoms with van der Waals surface area (Å²) in [6.45, 7) is 1.84. The molecule has 2 aliphatic carbocycles. The Morgan fingerprint density at radius 2 is 1.96 bits per heavy atom. The van der Waals surface area contributed by atoms with Crippen LogP contribution in [-0.4, -0.2) is 37.5 Å². The van der Waals surface area contributed by atoms with Gasteiger partial charge in [-0.2, -0.15) is 0 Å². The van der Waals surface area contributed by atoms with Crippen LogP contribution < -0.4 is 0 Å². The number of nitrogens with zero attached hydrogens (tertiary/aromatic N) is 4. The summed E-state index contributed by atoms with van der Waals surface area (Å²) < 4.78 is 1.83. The molecule has 2 saturated carbocycles. The molecular formula is C17H26N4O2. The molecule has 1 amide bonds. The van der Waals surface area contributed by atoms with Gasteiger partial charge in [-0.05, 0) is 31.1 Å². The van der Waals surface area contributed by atoms with Crippen molar-refractivity contribution in [2.45, 2.75) is 64.6 Å². The first kappa shape index (κ1) is 15.1. The molecule has 0 aromatic carbocycles. The minimum Gasteiger partial charge on any atom is -0.390 e. The Labute approximate surface area is 136 Å². The Morgan fingerprint density at radius 3 is 2.78 bits per heavy atom. The smallest absolute Gasteiger partial charge is 0.226 e. The SMILES string of the molecule is O=C([C@@H]1CC[C@@H]2CCCC[C@H]2C1)N1CCn2nnc(CO)c2C1. The van der Waals surface area contributed by atoms with E-state index in [1.807, 2.05) is 9.58 Å². The molecule has 4 rings (SSSR count). The van der Waals surface area contributed by atoms with E-state index in [0.717, 1.165) is 30.4 Å². The summed E-state index contributed by atoms with van der Waals surface area (Å²) >= 11 is 0. The summed E-state index contributed by atoms with van der Waals surface area (Å²) in [7, 11) is 0. The fourth-order valence-electron chi connectivity index (χ4n) is 4.86. The van der Waals surface area contributed by atoms with Gasteiger partial charge in [0, 0.05) is 12.5 Å². The van der Waals surface area contributed by atoms with Gasteiger partial charge in [0.25, 0.3) is 0 Å². The molecule has 0 spiro atoms. The largest absolute Gasteiger partial charge is 0.390 e. The van der Waals surface area contributed by atoms with Crippen LogP contribution >= 0.6 is 0 Å². The van der Waals surface area contributed by atoms with E-state index in [2.05, 4.69) is 10.3 Å². The van der Waals surface area contributed by atoms with Crippen LogP contribution in [0.15, 0.2) is 0 Å². The summed E-state index contributed by atoms with van der Waals surface area (Å²) in [5.41, 5.74) is 1.51. The maximum atomic E-state index is 13.0. The summed E-state index contributed by atoms with van der Waals surface area (Å²) in [5.74, 6) is 2.16. The third kappa shape index (κ3) is 2.77. The van der Waals surface area contributed by atoms with Crippen LogP contribution in [-0.2, 0) is 24.5 Å². The molecule has 0 unspecified atom stereocenters. The van der Waals surface area contributed by atoms with Gasteiger partial charge in [-0.15, -0.1) is 5.10 Å². The lowest BCUT2D eigenvalue weighted by atomic mass is 9.67. The minimum atomic E-state index is -0.107. The number of amides is 1. The molecule has 0 bridgehead atoms. The second-order valence-corrected chi connectivity index (χ2v) is 7.44. The van der Waals surface area contributed by atoms with Crippen molar-refractivity contribution in [1.29, 1.82) is 0 Å². The number of carbonyl (C=O) groups is 1. The van der Waals surface area contributed by atoms with E-state index >= 15 is 0 Å². The van der Waals surface area contributed by atoms with E-state index in [0.29, 0.717) is 31.2 Å². The van der Waals surface area contributed by atoms with Gasteiger partial charge in [0.15, 0.2) is 0 Å². The lowest BCUT2D eigenvalue weighted by Gasteiger charge is -2.40. The second kappa shape index (κ2) is 6.23. The maximum Gasteiger partial charge on any atom is 0.226 e. The van der Waals surface area contributed by atoms with Crippen LogP contribution in [0.3, 0.4) is 0 Å². The lowest BCUT2D eigenvalue weighted by Crippen LogP contribution is -2.44. The van der Waals surface area contributed by atoms with E-state index in [1.54, 1.807) is 0 Å². The molecule has 1 aromatic heterocycles. The van der Waals surface area contributed by atoms with Crippen LogP contribution in [0.4, 0.5) is 0 Å². The van der Waals surface area contributed by atoms with Crippen LogP contribution in [0.1, 0.15) is 56.3 Å². The first-order valence-electron chi connectivity index (χ1n) is 9.07. The number of rotatable bonds is 2. The number of aromatic nitrogens is 3. The molecule has 2 fully saturated rings. The predicted octanol–water partition coefficient (Wildman–Crippen LogP) is 1.72. The minimum absolute atomic E-state index is 0.107. The number of aliphatic hydroxyl groups is 1. The molecule has 6 heteroatoms. The van der Waals surface area contributed by atoms with Crippen molar-refractivity contribution in [1.82, 2.24) is 19.9 Å². The van der Waals surface area contributed by atoms with Gasteiger partial charge >= 0.3 is 0 Å². The molecule has 6 nitrogen and oxygen atoms in total. The zero-order valence-corrected chi connectivity index (χ0v) is 13.7. The van der Waals surface area contributed by atoms with Crippen molar-refractivity contribution < 1.29 is 9.90 Å². The van der Waals surface area contributed by atoms with Crippen molar-refractivity contribution in [2.75, 3.05) is 6.54 Å². The quantitative estimate of drug-likeness (QED) is 0.901. The normalized spacial score (nSPS) is 30.7. The Balaban J connectivity index is 1.43. The molecule has 23 heavy (non-hydrogen) atoms. The highest BCUT2D eigenvalue weighted by molar-refractivity contribution is 5.79. The average molecular weight is 318 g/mol. The fourth-order valence-corrected chi connectivity index (χ4v) is 4.86. The summed E-state index contributed by atoms with van der Waals surface area (Å²) in [6, 6.07) is 0. The number of carbonyl (C=O) groups excluding carboxylic acids is 1. The molecule has 0 saturated heterocycles. The lowest BCUT2D eigenvalue weighted by molar-refractivity contribution is -0.139. The topological polar surface area (TPSA) is 71.2 Å². The van der Waals surface area contributed by atoms with E-state index in [-0.39, 0.29) is 12.5 Å². The average Bonchev–Trinajstić information content (AvgIpc) is 3.03. The van der Waals surface area contributed by atoms with Gasteiger partial charge in [-0.1, -0.05) is 30.9 Å². The van der Waals surface area contributed by atoms with Crippen molar-refractivity contribution in [3.63, 3.8) is 0 Å². The zero-order valence-electron chi connectivity index (χ0n) is 13.7. The number of hydrogen-bond donors (Lipinski definition) is 1. The van der Waals surface area contributed by atoms with Gasteiger partial charge < -0.3 is 10.0 Å². The van der Waals surface area contributed by atoms with E-state index in [9.17, 15) is 9.90 Å². The van der Waals surface area contributed by atoms with E-state index < -0.39 is 0 Å².